The van der Waals surface area contributed by atoms with Gasteiger partial charge in [-0.3, -0.25) is 4.79 Å². The van der Waals surface area contributed by atoms with Gasteiger partial charge in [0.05, 0.1) is 17.6 Å². The largest absolute Gasteiger partial charge is 0.550 e. The molecule has 1 aromatic rings. The van der Waals surface area contributed by atoms with Crippen LogP contribution >= 0.6 is 0 Å². The van der Waals surface area contributed by atoms with E-state index in [1.165, 1.54) is 6.07 Å². The fourth-order valence-corrected chi connectivity index (χ4v) is 2.50. The van der Waals surface area contributed by atoms with Crippen LogP contribution in [0.5, 0.6) is 0 Å². The van der Waals surface area contributed by atoms with E-state index < -0.39 is 42.1 Å². The highest BCUT2D eigenvalue weighted by atomic mass is 19.4. The molecule has 0 saturated carbocycles. The van der Waals surface area contributed by atoms with Crippen molar-refractivity contribution in [2.45, 2.75) is 31.5 Å². The molecular formula is C15H15F3NO4-. The number of anilines is 1. The van der Waals surface area contributed by atoms with Gasteiger partial charge in [0, 0.05) is 24.7 Å². The van der Waals surface area contributed by atoms with Gasteiger partial charge in [0.15, 0.2) is 0 Å². The van der Waals surface area contributed by atoms with Crippen LogP contribution in [0.15, 0.2) is 24.3 Å². The fraction of sp³-hybridized carbons (Fsp3) is 0.467. The lowest BCUT2D eigenvalue weighted by Crippen LogP contribution is -2.38. The number of nitrogens with one attached hydrogen (secondary N) is 1. The molecule has 1 amide bonds. The normalized spacial score (nSPS) is 19.3. The van der Waals surface area contributed by atoms with Crippen LogP contribution < -0.4 is 10.4 Å². The molecule has 1 saturated heterocycles. The predicted octanol–water partition coefficient (Wildman–Crippen LogP) is 1.58. The van der Waals surface area contributed by atoms with Gasteiger partial charge < -0.3 is 20.0 Å². The summed E-state index contributed by atoms with van der Waals surface area (Å²) in [6.07, 6.45) is -4.42. The maximum atomic E-state index is 12.7. The number of hydrogen-bond acceptors (Lipinski definition) is 4. The molecule has 0 spiro atoms. The number of carboxylic acid groups (broad SMARTS) is 1. The zero-order valence-electron chi connectivity index (χ0n) is 12.1. The number of hydrogen-bond donors (Lipinski definition) is 1. The average molecular weight is 330 g/mol. The monoisotopic (exact) mass is 330 g/mol. The molecule has 0 unspecified atom stereocenters. The molecule has 5 nitrogen and oxygen atoms in total. The van der Waals surface area contributed by atoms with Gasteiger partial charge in [0.2, 0.25) is 5.91 Å². The number of halogens is 3. The predicted molar refractivity (Wildman–Crippen MR) is 72.2 cm³/mol. The molecule has 0 radical (unpaired) electrons. The molecule has 1 heterocycles. The molecule has 1 aliphatic rings. The summed E-state index contributed by atoms with van der Waals surface area (Å²) in [6.45, 7) is 0.422. The molecular weight excluding hydrogens is 315 g/mol. The molecule has 1 N–H and O–H groups in total. The van der Waals surface area contributed by atoms with E-state index in [0.29, 0.717) is 19.4 Å². The number of rotatable bonds is 5. The summed E-state index contributed by atoms with van der Waals surface area (Å²) in [7, 11) is 0. The molecule has 8 heteroatoms. The van der Waals surface area contributed by atoms with Gasteiger partial charge in [-0.25, -0.2) is 0 Å². The van der Waals surface area contributed by atoms with Crippen LogP contribution in [0.2, 0.25) is 0 Å². The zero-order chi connectivity index (χ0) is 17.0. The van der Waals surface area contributed by atoms with Gasteiger partial charge in [-0.05, 0) is 31.0 Å². The van der Waals surface area contributed by atoms with Crippen molar-refractivity contribution in [3.63, 3.8) is 0 Å². The van der Waals surface area contributed by atoms with E-state index in [4.69, 9.17) is 4.74 Å². The molecule has 126 valence electrons. The molecule has 1 aliphatic heterocycles. The van der Waals surface area contributed by atoms with Crippen molar-refractivity contribution in [1.82, 2.24) is 0 Å². The molecule has 0 aromatic heterocycles. The number of aliphatic carboxylic acids is 1. The summed E-state index contributed by atoms with van der Waals surface area (Å²) in [6, 6.07) is 4.15. The highest BCUT2D eigenvalue weighted by molar-refractivity contribution is 5.94. The van der Waals surface area contributed by atoms with E-state index >= 15 is 0 Å². The van der Waals surface area contributed by atoms with Gasteiger partial charge in [-0.2, -0.15) is 13.2 Å². The minimum Gasteiger partial charge on any atom is -0.550 e. The highest BCUT2D eigenvalue weighted by Crippen LogP contribution is 2.31. The summed E-state index contributed by atoms with van der Waals surface area (Å²) in [5, 5.41) is 13.1. The summed E-state index contributed by atoms with van der Waals surface area (Å²) < 4.78 is 43.3. The molecule has 0 bridgehead atoms. The second-order valence-electron chi connectivity index (χ2n) is 5.30. The number of alkyl halides is 3. The number of benzene rings is 1. The van der Waals surface area contributed by atoms with Crippen LogP contribution in [0.1, 0.15) is 24.8 Å². The Hall–Kier alpha value is -2.09. The van der Waals surface area contributed by atoms with Crippen molar-refractivity contribution in [1.29, 1.82) is 0 Å². The first-order valence-electron chi connectivity index (χ1n) is 7.07. The summed E-state index contributed by atoms with van der Waals surface area (Å²) in [5.74, 6) is -3.11. The van der Waals surface area contributed by atoms with Gasteiger partial charge >= 0.3 is 6.18 Å². The summed E-state index contributed by atoms with van der Waals surface area (Å²) >= 11 is 0. The van der Waals surface area contributed by atoms with Crippen LogP contribution in [0.3, 0.4) is 0 Å². The number of carboxylic acids is 1. The Kier molecular flexibility index (Phi) is 5.25. The van der Waals surface area contributed by atoms with Gasteiger partial charge in [-0.1, -0.05) is 6.07 Å². The lowest BCUT2D eigenvalue weighted by Gasteiger charge is -2.22. The molecule has 23 heavy (non-hydrogen) atoms. The van der Waals surface area contributed by atoms with E-state index in [0.717, 1.165) is 18.2 Å². The maximum Gasteiger partial charge on any atom is 0.416 e. The van der Waals surface area contributed by atoms with Gasteiger partial charge in [0.1, 0.15) is 0 Å². The van der Waals surface area contributed by atoms with Crippen molar-refractivity contribution in [2.75, 3.05) is 11.9 Å². The fourth-order valence-electron chi connectivity index (χ4n) is 2.50. The number of carbonyl (C=O) groups is 2. The molecule has 0 aliphatic carbocycles. The van der Waals surface area contributed by atoms with Crippen molar-refractivity contribution < 1.29 is 32.6 Å². The van der Waals surface area contributed by atoms with E-state index in [1.807, 2.05) is 0 Å². The molecule has 1 fully saturated rings. The Morgan fingerprint density at radius 1 is 1.39 bits per heavy atom. The third-order valence-corrected chi connectivity index (χ3v) is 3.59. The smallest absolute Gasteiger partial charge is 0.416 e. The average Bonchev–Trinajstić information content (AvgIpc) is 2.97. The highest BCUT2D eigenvalue weighted by Gasteiger charge is 2.33. The number of ether oxygens (including phenoxy) is 1. The third-order valence-electron chi connectivity index (χ3n) is 3.59. The van der Waals surface area contributed by atoms with Crippen LogP contribution in [-0.2, 0) is 20.5 Å². The van der Waals surface area contributed by atoms with Crippen LogP contribution in [-0.4, -0.2) is 24.6 Å². The molecule has 1 aromatic carbocycles. The standard InChI is InChI=1S/C15H16F3NO4/c16-15(17,18)9-3-1-4-10(7-9)19-14(22)11(8-13(20)21)12-5-2-6-23-12/h1,3-4,7,11-12H,2,5-6,8H2,(H,19,22)(H,20,21)/p-1/t11-,12-/m1/s1. The van der Waals surface area contributed by atoms with Crippen LogP contribution in [0, 0.1) is 5.92 Å². The first kappa shape index (κ1) is 17.3. The van der Waals surface area contributed by atoms with E-state index in [-0.39, 0.29) is 5.69 Å². The van der Waals surface area contributed by atoms with E-state index in [9.17, 15) is 27.9 Å². The van der Waals surface area contributed by atoms with E-state index in [1.54, 1.807) is 0 Å². The minimum absolute atomic E-state index is 0.0498. The lowest BCUT2D eigenvalue weighted by atomic mass is 9.95. The van der Waals surface area contributed by atoms with Crippen molar-refractivity contribution in [3.05, 3.63) is 29.8 Å². The van der Waals surface area contributed by atoms with E-state index in [2.05, 4.69) is 5.32 Å². The van der Waals surface area contributed by atoms with Crippen LogP contribution in [0.25, 0.3) is 0 Å². The summed E-state index contributed by atoms with van der Waals surface area (Å²) in [5.41, 5.74) is -0.949. The first-order valence-corrected chi connectivity index (χ1v) is 7.07. The number of amides is 1. The third kappa shape index (κ3) is 4.69. The van der Waals surface area contributed by atoms with Gasteiger partial charge in [0.25, 0.3) is 0 Å². The summed E-state index contributed by atoms with van der Waals surface area (Å²) in [4.78, 5) is 23.0. The minimum atomic E-state index is -4.53. The Labute approximate surface area is 130 Å². The second-order valence-corrected chi connectivity index (χ2v) is 5.30. The number of carbonyl (C=O) groups excluding carboxylic acids is 2. The molecule has 2 atom stereocenters. The Balaban J connectivity index is 2.13. The van der Waals surface area contributed by atoms with Crippen molar-refractivity contribution in [2.24, 2.45) is 5.92 Å². The quantitative estimate of drug-likeness (QED) is 0.889. The zero-order valence-corrected chi connectivity index (χ0v) is 12.1. The van der Waals surface area contributed by atoms with Crippen molar-refractivity contribution >= 4 is 17.6 Å². The Morgan fingerprint density at radius 3 is 2.70 bits per heavy atom. The molecule has 2 rings (SSSR count). The van der Waals surface area contributed by atoms with Gasteiger partial charge in [-0.15, -0.1) is 0 Å². The Morgan fingerprint density at radius 2 is 2.13 bits per heavy atom. The lowest BCUT2D eigenvalue weighted by molar-refractivity contribution is -0.307. The maximum absolute atomic E-state index is 12.7. The SMILES string of the molecule is O=C([O-])C[C@@H](C(=O)Nc1cccc(C(F)(F)F)c1)[C@H]1CCCO1. The second kappa shape index (κ2) is 6.99. The first-order chi connectivity index (χ1) is 10.8. The van der Waals surface area contributed by atoms with Crippen LogP contribution in [0.4, 0.5) is 18.9 Å². The topological polar surface area (TPSA) is 78.5 Å². The Bertz CT molecular complexity index is 582. The van der Waals surface area contributed by atoms with Crippen molar-refractivity contribution in [3.8, 4) is 0 Å².